The molecule has 1 aromatic carbocycles. The minimum atomic E-state index is -4.05. The van der Waals surface area contributed by atoms with Crippen LogP contribution in [-0.2, 0) is 35.6 Å². The smallest absolute Gasteiger partial charge is 0.408 e. The number of ether oxygens (including phenoxy) is 3. The lowest BCUT2D eigenvalue weighted by Crippen LogP contribution is -2.59. The molecule has 1 unspecified atom stereocenters. The largest absolute Gasteiger partial charge is 0.491 e. The van der Waals surface area contributed by atoms with Crippen molar-refractivity contribution in [3.63, 3.8) is 0 Å². The van der Waals surface area contributed by atoms with Gasteiger partial charge in [-0.2, -0.15) is 0 Å². The van der Waals surface area contributed by atoms with Crippen LogP contribution in [0.4, 0.5) is 13.6 Å². The maximum absolute atomic E-state index is 14.9. The number of benzene rings is 1. The van der Waals surface area contributed by atoms with Crippen LogP contribution in [0.1, 0.15) is 98.6 Å². The minimum absolute atomic E-state index is 0.0264. The van der Waals surface area contributed by atoms with Gasteiger partial charge in [-0.05, 0) is 90.0 Å². The highest BCUT2D eigenvalue weighted by molar-refractivity contribution is 7.91. The molecule has 7 rings (SSSR count). The molecule has 0 radical (unpaired) electrons. The van der Waals surface area contributed by atoms with Crippen LogP contribution in [0.5, 0.6) is 11.6 Å². The van der Waals surface area contributed by atoms with Crippen LogP contribution in [0.3, 0.4) is 0 Å². The van der Waals surface area contributed by atoms with Crippen LogP contribution >= 0.6 is 0 Å². The van der Waals surface area contributed by atoms with E-state index in [9.17, 15) is 36.4 Å². The predicted molar refractivity (Wildman–Crippen MR) is 213 cm³/mol. The molecule has 1 aromatic heterocycles. The number of nitrogens with zero attached hydrogens (tertiary/aromatic N) is 2. The maximum Gasteiger partial charge on any atom is 0.408 e. The van der Waals surface area contributed by atoms with Crippen LogP contribution in [0.25, 0.3) is 10.8 Å². The fourth-order valence-electron chi connectivity index (χ4n) is 8.32. The van der Waals surface area contributed by atoms with E-state index in [4.69, 9.17) is 19.2 Å². The van der Waals surface area contributed by atoms with Gasteiger partial charge in [-0.25, -0.2) is 27.0 Å². The van der Waals surface area contributed by atoms with Crippen LogP contribution in [0.2, 0.25) is 0 Å². The van der Waals surface area contributed by atoms with Crippen LogP contribution < -0.4 is 24.8 Å². The number of alkyl carbamates (subject to hydrolysis) is 1. The topological polar surface area (TPSA) is 182 Å². The van der Waals surface area contributed by atoms with Gasteiger partial charge in [0.1, 0.15) is 29.5 Å². The Bertz CT molecular complexity index is 2160. The molecule has 17 heteroatoms. The number of rotatable bonds is 8. The van der Waals surface area contributed by atoms with Gasteiger partial charge in [0.25, 0.3) is 11.8 Å². The fraction of sp³-hybridized carbons (Fsp3) is 0.643. The Morgan fingerprint density at radius 3 is 2.49 bits per heavy atom. The number of hydrogen-bond acceptors (Lipinski definition) is 10. The van der Waals surface area contributed by atoms with Gasteiger partial charge in [0.05, 0.1) is 23.6 Å². The number of aryl methyl sites for hydroxylation is 1. The highest BCUT2D eigenvalue weighted by atomic mass is 32.2. The van der Waals surface area contributed by atoms with E-state index in [1.54, 1.807) is 13.8 Å². The molecular formula is C42H55F2N5O9S. The number of sulfonamides is 1. The highest BCUT2D eigenvalue weighted by Crippen LogP contribution is 2.48. The first-order chi connectivity index (χ1) is 27.6. The van der Waals surface area contributed by atoms with E-state index in [1.165, 1.54) is 4.90 Å². The molecule has 3 aliphatic heterocycles. The third-order valence-electron chi connectivity index (χ3n) is 12.9. The van der Waals surface area contributed by atoms with E-state index in [0.717, 1.165) is 25.7 Å². The van der Waals surface area contributed by atoms with Gasteiger partial charge < -0.3 is 29.7 Å². The Balaban J connectivity index is 1.24. The summed E-state index contributed by atoms with van der Waals surface area (Å²) in [5.41, 5.74) is -3.10. The van der Waals surface area contributed by atoms with Gasteiger partial charge in [-0.3, -0.25) is 19.1 Å². The molecular weight excluding hydrogens is 789 g/mol. The Morgan fingerprint density at radius 2 is 1.80 bits per heavy atom. The average Bonchev–Trinajstić information content (AvgIpc) is 4.04. The summed E-state index contributed by atoms with van der Waals surface area (Å²) in [5.74, 6) is -5.72. The summed E-state index contributed by atoms with van der Waals surface area (Å²) in [6.45, 7) is 8.53. The second kappa shape index (κ2) is 15.5. The zero-order valence-corrected chi connectivity index (χ0v) is 35.3. The number of hydrogen-bond donors (Lipinski definition) is 3. The summed E-state index contributed by atoms with van der Waals surface area (Å²) in [5, 5.41) is 6.90. The monoisotopic (exact) mass is 843 g/mol. The second-order valence-electron chi connectivity index (χ2n) is 18.1. The van der Waals surface area contributed by atoms with Gasteiger partial charge in [0.2, 0.25) is 27.7 Å². The molecule has 2 aliphatic carbocycles. The first-order valence-corrected chi connectivity index (χ1v) is 22.1. The van der Waals surface area contributed by atoms with Gasteiger partial charge in [0, 0.05) is 30.0 Å². The number of carbonyl (C=O) groups excluding carboxylic acids is 4. The highest BCUT2D eigenvalue weighted by Gasteiger charge is 2.63. The van der Waals surface area contributed by atoms with Crippen molar-refractivity contribution in [2.75, 3.05) is 13.2 Å². The van der Waals surface area contributed by atoms with Gasteiger partial charge in [0.15, 0.2) is 5.60 Å². The van der Waals surface area contributed by atoms with E-state index in [0.29, 0.717) is 68.9 Å². The molecule has 0 spiro atoms. The Hall–Kier alpha value is -4.54. The molecule has 0 bridgehead atoms. The lowest BCUT2D eigenvalue weighted by atomic mass is 9.88. The number of nitrogens with one attached hydrogen (secondary N) is 3. The van der Waals surface area contributed by atoms with E-state index in [2.05, 4.69) is 15.4 Å². The van der Waals surface area contributed by atoms with E-state index < -0.39 is 85.7 Å². The van der Waals surface area contributed by atoms with Crippen molar-refractivity contribution in [1.29, 1.82) is 0 Å². The summed E-state index contributed by atoms with van der Waals surface area (Å²) in [7, 11) is -4.05. The Morgan fingerprint density at radius 1 is 1.08 bits per heavy atom. The maximum atomic E-state index is 14.9. The zero-order valence-electron chi connectivity index (χ0n) is 34.4. The molecule has 1 saturated heterocycles. The number of halogens is 2. The minimum Gasteiger partial charge on any atom is -0.491 e. The van der Waals surface area contributed by atoms with Crippen molar-refractivity contribution in [2.45, 2.75) is 139 Å². The molecule has 2 saturated carbocycles. The summed E-state index contributed by atoms with van der Waals surface area (Å²) < 4.78 is 74.3. The quantitative estimate of drug-likeness (QED) is 0.294. The Kier molecular flexibility index (Phi) is 11.2. The predicted octanol–water partition coefficient (Wildman–Crippen LogP) is 5.32. The first-order valence-electron chi connectivity index (χ1n) is 20.6. The van der Waals surface area contributed by atoms with Crippen molar-refractivity contribution in [3.8, 4) is 11.6 Å². The summed E-state index contributed by atoms with van der Waals surface area (Å²) in [6.07, 6.45) is 5.72. The van der Waals surface area contributed by atoms with Crippen molar-refractivity contribution >= 4 is 44.6 Å². The van der Waals surface area contributed by atoms with Crippen molar-refractivity contribution in [1.82, 2.24) is 25.2 Å². The third kappa shape index (κ3) is 8.45. The molecule has 5 aliphatic rings. The van der Waals surface area contributed by atoms with Crippen molar-refractivity contribution < 1.29 is 50.6 Å². The van der Waals surface area contributed by atoms with E-state index >= 15 is 0 Å². The van der Waals surface area contributed by atoms with E-state index in [1.807, 2.05) is 43.3 Å². The summed E-state index contributed by atoms with van der Waals surface area (Å²) in [6, 6.07) is 4.91. The van der Waals surface area contributed by atoms with Crippen LogP contribution in [0.15, 0.2) is 36.4 Å². The fourth-order valence-corrected chi connectivity index (χ4v) is 9.64. The standard InChI is InChI=1S/C42H55F2N5O9S/c1-24-12-7-8-13-26-22-42(26,37(52)48-59(54,55)40(5)17-18-40)47-34(50)31-21-27(57-35-29-15-10-9-14-28(29)33-30(45-35)16-11-19-56-33)23-49(31)36(51)32(25(2)20-24)46-38(53)58-39(3,4)41(6,43)44/h8-10,13-15,24-27,31-32H,7,11-12,16-23H2,1-6H3,(H,46,53)(H,47,50)(H,48,52)/b13-8-/t24-,25-,26?,27-,31+,32+,42-/m1/s1. The average molecular weight is 844 g/mol. The number of alkyl halides is 2. The van der Waals surface area contributed by atoms with Crippen LogP contribution in [0, 0.1) is 17.8 Å². The van der Waals surface area contributed by atoms with Crippen molar-refractivity contribution in [3.05, 3.63) is 42.1 Å². The summed E-state index contributed by atoms with van der Waals surface area (Å²) >= 11 is 0. The molecule has 7 atom stereocenters. The summed E-state index contributed by atoms with van der Waals surface area (Å²) in [4.78, 5) is 63.0. The number of allylic oxidation sites excluding steroid dienone is 1. The second-order valence-corrected chi connectivity index (χ2v) is 20.3. The SMILES string of the molecule is C[C@@H]1CC/C=C\C2C[C@@]2(C(=O)NS(=O)(=O)C2(C)CC2)NC(=O)[C@@H]2C[C@@H](Oc3nc4c(c5ccccc35)OCCC4)CN2C(=O)[C@@H](NC(=O)OC(C)(C)C(C)(F)F)[C@H](C)C1. The van der Waals surface area contributed by atoms with Gasteiger partial charge in [-0.1, -0.05) is 44.2 Å². The number of fused-ring (bicyclic) bond motifs is 5. The molecule has 4 heterocycles. The first kappa shape index (κ1) is 42.6. The lowest BCUT2D eigenvalue weighted by molar-refractivity contribution is -0.152. The van der Waals surface area contributed by atoms with Gasteiger partial charge >= 0.3 is 6.09 Å². The molecule has 59 heavy (non-hydrogen) atoms. The molecule has 3 N–H and O–H groups in total. The lowest BCUT2D eigenvalue weighted by Gasteiger charge is -2.35. The molecule has 14 nitrogen and oxygen atoms in total. The zero-order chi connectivity index (χ0) is 42.7. The molecule has 3 fully saturated rings. The number of amides is 4. The molecule has 4 amide bonds. The Labute approximate surface area is 343 Å². The third-order valence-corrected chi connectivity index (χ3v) is 15.1. The van der Waals surface area contributed by atoms with Crippen LogP contribution in [-0.4, -0.2) is 95.3 Å². The number of aromatic nitrogens is 1. The van der Waals surface area contributed by atoms with E-state index in [-0.39, 0.29) is 31.2 Å². The molecule has 2 aromatic rings. The molecule has 322 valence electrons. The normalized spacial score (nSPS) is 30.2. The van der Waals surface area contributed by atoms with Crippen molar-refractivity contribution in [2.24, 2.45) is 17.8 Å². The number of carbonyl (C=O) groups is 4. The number of pyridine rings is 1. The van der Waals surface area contributed by atoms with Gasteiger partial charge in [-0.15, -0.1) is 0 Å².